The van der Waals surface area contributed by atoms with Crippen LogP contribution in [-0.2, 0) is 6.18 Å². The molecule has 0 amide bonds. The zero-order valence-electron chi connectivity index (χ0n) is 12.5. The van der Waals surface area contributed by atoms with Gasteiger partial charge in [0.25, 0.3) is 11.4 Å². The van der Waals surface area contributed by atoms with E-state index >= 15 is 0 Å². The summed E-state index contributed by atoms with van der Waals surface area (Å²) in [4.78, 5) is 21.1. The van der Waals surface area contributed by atoms with Gasteiger partial charge in [0.15, 0.2) is 5.69 Å². The fraction of sp³-hybridized carbons (Fsp3) is 0.385. The number of hydrogen-bond acceptors (Lipinski definition) is 6. The third-order valence-electron chi connectivity index (χ3n) is 2.94. The molecule has 1 aromatic rings. The highest BCUT2D eigenvalue weighted by Gasteiger charge is 2.39. The van der Waals surface area contributed by atoms with Gasteiger partial charge in [0.05, 0.1) is 21.5 Å². The Hall–Kier alpha value is -2.69. The van der Waals surface area contributed by atoms with E-state index in [1.54, 1.807) is 0 Å². The van der Waals surface area contributed by atoms with Crippen LogP contribution in [0.3, 0.4) is 0 Å². The highest BCUT2D eigenvalue weighted by Crippen LogP contribution is 2.43. The van der Waals surface area contributed by atoms with E-state index in [0.717, 1.165) is 4.90 Å². The average molecular weight is 349 g/mol. The maximum Gasteiger partial charge on any atom is 0.416 e. The molecule has 8 nitrogen and oxygen atoms in total. The standard InChI is InChI=1S/C13H14F3N3O5/c1-3-4-17(7-8(2)20)12-10(18(21)22)5-9(13(14,15)16)6-11(12)19(23)24/h3,5-6,8,20H,1,4,7H2,2H3. The Kier molecular flexibility index (Phi) is 5.85. The van der Waals surface area contributed by atoms with Gasteiger partial charge in [0.1, 0.15) is 0 Å². The van der Waals surface area contributed by atoms with Gasteiger partial charge in [-0.3, -0.25) is 20.2 Å². The lowest BCUT2D eigenvalue weighted by Crippen LogP contribution is -2.32. The van der Waals surface area contributed by atoms with Gasteiger partial charge >= 0.3 is 6.18 Å². The van der Waals surface area contributed by atoms with Crippen molar-refractivity contribution < 1.29 is 28.1 Å². The van der Waals surface area contributed by atoms with Crippen LogP contribution in [0.1, 0.15) is 12.5 Å². The Balaban J connectivity index is 3.74. The largest absolute Gasteiger partial charge is 0.416 e. The van der Waals surface area contributed by atoms with E-state index < -0.39 is 44.8 Å². The molecular formula is C13H14F3N3O5. The Morgan fingerprint density at radius 3 is 2.04 bits per heavy atom. The first kappa shape index (κ1) is 19.4. The molecule has 24 heavy (non-hydrogen) atoms. The molecule has 0 heterocycles. The number of aliphatic hydroxyl groups excluding tert-OH is 1. The number of aliphatic hydroxyl groups is 1. The molecule has 0 aliphatic heterocycles. The minimum atomic E-state index is -4.98. The number of nitro benzene ring substituents is 2. The van der Waals surface area contributed by atoms with Gasteiger partial charge in [-0.1, -0.05) is 6.08 Å². The zero-order valence-corrected chi connectivity index (χ0v) is 12.5. The van der Waals surface area contributed by atoms with Crippen molar-refractivity contribution in [2.45, 2.75) is 19.2 Å². The maximum absolute atomic E-state index is 12.9. The van der Waals surface area contributed by atoms with E-state index in [-0.39, 0.29) is 25.2 Å². The summed E-state index contributed by atoms with van der Waals surface area (Å²) in [5.74, 6) is 0. The summed E-state index contributed by atoms with van der Waals surface area (Å²) in [5.41, 5.74) is -4.25. The molecule has 0 spiro atoms. The van der Waals surface area contributed by atoms with Crippen LogP contribution in [0, 0.1) is 20.2 Å². The van der Waals surface area contributed by atoms with Gasteiger partial charge in [-0.15, -0.1) is 6.58 Å². The molecule has 0 fully saturated rings. The topological polar surface area (TPSA) is 110 Å². The van der Waals surface area contributed by atoms with Crippen molar-refractivity contribution in [1.82, 2.24) is 0 Å². The molecule has 0 saturated carbocycles. The SMILES string of the molecule is C=CCN(CC(C)O)c1c([N+](=O)[O-])cc(C(F)(F)F)cc1[N+](=O)[O-]. The second kappa shape index (κ2) is 7.25. The number of halogens is 3. The minimum Gasteiger partial charge on any atom is -0.392 e. The summed E-state index contributed by atoms with van der Waals surface area (Å²) < 4.78 is 38.6. The van der Waals surface area contributed by atoms with E-state index in [9.17, 15) is 38.5 Å². The Morgan fingerprint density at radius 1 is 1.29 bits per heavy atom. The smallest absolute Gasteiger partial charge is 0.392 e. The predicted molar refractivity (Wildman–Crippen MR) is 78.8 cm³/mol. The van der Waals surface area contributed by atoms with Crippen molar-refractivity contribution in [2.24, 2.45) is 0 Å². The molecule has 0 bridgehead atoms. The van der Waals surface area contributed by atoms with Crippen LogP contribution >= 0.6 is 0 Å². The fourth-order valence-corrected chi connectivity index (χ4v) is 2.10. The molecule has 1 unspecified atom stereocenters. The van der Waals surface area contributed by atoms with Crippen molar-refractivity contribution >= 4 is 17.1 Å². The van der Waals surface area contributed by atoms with Crippen LogP contribution < -0.4 is 4.90 Å². The van der Waals surface area contributed by atoms with Crippen LogP contribution in [0.2, 0.25) is 0 Å². The first-order valence-electron chi connectivity index (χ1n) is 6.57. The maximum atomic E-state index is 12.9. The number of benzene rings is 1. The first-order valence-corrected chi connectivity index (χ1v) is 6.57. The van der Waals surface area contributed by atoms with Crippen LogP contribution in [0.25, 0.3) is 0 Å². The molecule has 0 saturated heterocycles. The molecule has 1 N–H and O–H groups in total. The van der Waals surface area contributed by atoms with Gasteiger partial charge in [0.2, 0.25) is 0 Å². The highest BCUT2D eigenvalue weighted by atomic mass is 19.4. The molecule has 132 valence electrons. The summed E-state index contributed by atoms with van der Waals surface area (Å²) in [6, 6.07) is 0.473. The molecule has 0 radical (unpaired) electrons. The number of anilines is 1. The molecule has 11 heteroatoms. The molecule has 0 aromatic heterocycles. The van der Waals surface area contributed by atoms with Crippen molar-refractivity contribution in [2.75, 3.05) is 18.0 Å². The number of nitro groups is 2. The monoisotopic (exact) mass is 349 g/mol. The number of hydrogen-bond donors (Lipinski definition) is 1. The normalized spacial score (nSPS) is 12.5. The van der Waals surface area contributed by atoms with E-state index in [4.69, 9.17) is 0 Å². The second-order valence-electron chi connectivity index (χ2n) is 4.92. The predicted octanol–water partition coefficient (Wildman–Crippen LogP) is 2.90. The molecular weight excluding hydrogens is 335 g/mol. The van der Waals surface area contributed by atoms with Gasteiger partial charge in [-0.2, -0.15) is 13.2 Å². The number of alkyl halides is 3. The summed E-state index contributed by atoms with van der Waals surface area (Å²) in [7, 11) is 0. The van der Waals surface area contributed by atoms with Gasteiger partial charge in [-0.25, -0.2) is 0 Å². The van der Waals surface area contributed by atoms with E-state index in [1.165, 1.54) is 13.0 Å². The fourth-order valence-electron chi connectivity index (χ4n) is 2.10. The molecule has 0 aliphatic carbocycles. The van der Waals surface area contributed by atoms with Crippen molar-refractivity contribution in [3.05, 3.63) is 50.6 Å². The van der Waals surface area contributed by atoms with E-state index in [2.05, 4.69) is 6.58 Å². The lowest BCUT2D eigenvalue weighted by molar-refractivity contribution is -0.393. The van der Waals surface area contributed by atoms with Crippen molar-refractivity contribution in [1.29, 1.82) is 0 Å². The van der Waals surface area contributed by atoms with Crippen LogP contribution in [-0.4, -0.2) is 34.1 Å². The minimum absolute atomic E-state index is 0.141. The first-order chi connectivity index (χ1) is 11.0. The molecule has 1 aromatic carbocycles. The zero-order chi connectivity index (χ0) is 18.7. The Bertz CT molecular complexity index is 626. The van der Waals surface area contributed by atoms with Gasteiger partial charge in [0, 0.05) is 25.2 Å². The van der Waals surface area contributed by atoms with E-state index in [0.29, 0.717) is 0 Å². The van der Waals surface area contributed by atoms with Crippen molar-refractivity contribution in [3.8, 4) is 0 Å². The third kappa shape index (κ3) is 4.41. The summed E-state index contributed by atoms with van der Waals surface area (Å²) in [6.07, 6.45) is -4.76. The summed E-state index contributed by atoms with van der Waals surface area (Å²) in [5, 5.41) is 31.8. The van der Waals surface area contributed by atoms with Crippen molar-refractivity contribution in [3.63, 3.8) is 0 Å². The average Bonchev–Trinajstić information content (AvgIpc) is 2.43. The van der Waals surface area contributed by atoms with E-state index in [1.807, 2.05) is 0 Å². The highest BCUT2D eigenvalue weighted by molar-refractivity contribution is 5.76. The van der Waals surface area contributed by atoms with Crippen LogP contribution in [0.4, 0.5) is 30.2 Å². The molecule has 1 rings (SSSR count). The molecule has 1 atom stereocenters. The van der Waals surface area contributed by atoms with Gasteiger partial charge < -0.3 is 10.0 Å². The lowest BCUT2D eigenvalue weighted by Gasteiger charge is -2.24. The van der Waals surface area contributed by atoms with Gasteiger partial charge in [-0.05, 0) is 6.92 Å². The van der Waals surface area contributed by atoms with Crippen LogP contribution in [0.5, 0.6) is 0 Å². The quantitative estimate of drug-likeness (QED) is 0.460. The third-order valence-corrected chi connectivity index (χ3v) is 2.94. The number of nitrogens with zero attached hydrogens (tertiary/aromatic N) is 3. The summed E-state index contributed by atoms with van der Waals surface area (Å²) >= 11 is 0. The Morgan fingerprint density at radius 2 is 1.75 bits per heavy atom. The number of rotatable bonds is 7. The second-order valence-corrected chi connectivity index (χ2v) is 4.92. The Labute approximate surface area is 134 Å². The molecule has 0 aliphatic rings. The van der Waals surface area contributed by atoms with Crippen LogP contribution in [0.15, 0.2) is 24.8 Å². The summed E-state index contributed by atoms with van der Waals surface area (Å²) in [6.45, 7) is 4.32. The lowest BCUT2D eigenvalue weighted by atomic mass is 10.1.